The molecule has 1 aromatic carbocycles. The predicted octanol–water partition coefficient (Wildman–Crippen LogP) is 4.28. The number of piperidine rings is 2. The molecule has 3 fully saturated rings. The fourth-order valence-electron chi connectivity index (χ4n) is 7.85. The number of nitrogens with one attached hydrogen (secondary N) is 1. The second kappa shape index (κ2) is 13.5. The van der Waals surface area contributed by atoms with Crippen LogP contribution in [0.3, 0.4) is 0 Å². The predicted molar refractivity (Wildman–Crippen MR) is 174 cm³/mol. The normalized spacial score (nSPS) is 26.2. The molecule has 1 N–H and O–H groups in total. The summed E-state index contributed by atoms with van der Waals surface area (Å²) in [5.41, 5.74) is 0.822. The van der Waals surface area contributed by atoms with Gasteiger partial charge >= 0.3 is 0 Å². The van der Waals surface area contributed by atoms with E-state index >= 15 is 4.39 Å². The fourth-order valence-corrected chi connectivity index (χ4v) is 9.03. The highest BCUT2D eigenvalue weighted by Gasteiger charge is 2.45. The highest BCUT2D eigenvalue weighted by atomic mass is 32.2. The molecule has 45 heavy (non-hydrogen) atoms. The average Bonchev–Trinajstić information content (AvgIpc) is 3.27. The van der Waals surface area contributed by atoms with Gasteiger partial charge in [0.15, 0.2) is 0 Å². The minimum absolute atomic E-state index is 0.0175. The van der Waals surface area contributed by atoms with Gasteiger partial charge in [0.1, 0.15) is 18.1 Å². The third kappa shape index (κ3) is 6.45. The zero-order chi connectivity index (χ0) is 31.7. The summed E-state index contributed by atoms with van der Waals surface area (Å²) in [5.74, 6) is -1.64. The number of allylic oxidation sites excluding steroid dienone is 1. The minimum Gasteiger partial charge on any atom is -0.366 e. The van der Waals surface area contributed by atoms with Crippen molar-refractivity contribution in [1.29, 1.82) is 0 Å². The van der Waals surface area contributed by atoms with E-state index in [1.807, 2.05) is 4.90 Å². The van der Waals surface area contributed by atoms with Crippen molar-refractivity contribution in [3.63, 3.8) is 0 Å². The molecule has 11 heteroatoms. The molecular weight excluding hydrogens is 593 g/mol. The molecule has 244 valence electrons. The molecule has 6 rings (SSSR count). The lowest BCUT2D eigenvalue weighted by atomic mass is 9.71. The minimum atomic E-state index is -1.12. The molecule has 3 unspecified atom stereocenters. The van der Waals surface area contributed by atoms with Crippen LogP contribution in [0.25, 0.3) is 0 Å². The van der Waals surface area contributed by atoms with Gasteiger partial charge in [0.2, 0.25) is 5.91 Å². The van der Waals surface area contributed by atoms with E-state index in [2.05, 4.69) is 45.5 Å². The maximum Gasteiger partial charge on any atom is 0.262 e. The number of hydrogen-bond donors (Lipinski definition) is 1. The zero-order valence-electron chi connectivity index (χ0n) is 26.5. The first-order valence-electron chi connectivity index (χ1n) is 16.7. The topological polar surface area (TPSA) is 93.3 Å². The maximum atomic E-state index is 15.3. The van der Waals surface area contributed by atoms with E-state index in [4.69, 9.17) is 0 Å². The Labute approximate surface area is 270 Å². The van der Waals surface area contributed by atoms with Gasteiger partial charge in [0.25, 0.3) is 11.8 Å². The summed E-state index contributed by atoms with van der Waals surface area (Å²) >= 11 is 2.06. The number of benzene rings is 1. The van der Waals surface area contributed by atoms with Crippen LogP contribution in [0.2, 0.25) is 0 Å². The number of aldehydes is 1. The van der Waals surface area contributed by atoms with Crippen molar-refractivity contribution in [3.05, 3.63) is 41.2 Å². The van der Waals surface area contributed by atoms with Gasteiger partial charge in [-0.25, -0.2) is 4.39 Å². The van der Waals surface area contributed by atoms with Crippen molar-refractivity contribution < 1.29 is 23.6 Å². The van der Waals surface area contributed by atoms with Gasteiger partial charge in [0.05, 0.1) is 16.8 Å². The van der Waals surface area contributed by atoms with Crippen molar-refractivity contribution in [2.45, 2.75) is 82.0 Å². The number of halogens is 1. The summed E-state index contributed by atoms with van der Waals surface area (Å²) in [6, 6.07) is 1.80. The maximum absolute atomic E-state index is 15.3. The quantitative estimate of drug-likeness (QED) is 0.176. The first-order chi connectivity index (χ1) is 21.8. The van der Waals surface area contributed by atoms with Gasteiger partial charge in [-0.05, 0) is 87.9 Å². The second-order valence-corrected chi connectivity index (χ2v) is 14.8. The molecule has 5 aliphatic rings. The molecule has 4 heterocycles. The van der Waals surface area contributed by atoms with E-state index in [9.17, 15) is 19.2 Å². The van der Waals surface area contributed by atoms with E-state index in [0.29, 0.717) is 41.8 Å². The number of rotatable bonds is 10. The van der Waals surface area contributed by atoms with Crippen LogP contribution < -0.4 is 10.2 Å². The first-order valence-corrected chi connectivity index (χ1v) is 17.5. The fraction of sp³-hybridized carbons (Fsp3) is 0.647. The molecule has 3 saturated heterocycles. The number of carbonyl (C=O) groups is 4. The number of anilines is 1. The highest BCUT2D eigenvalue weighted by molar-refractivity contribution is 7.97. The molecule has 1 spiro atoms. The van der Waals surface area contributed by atoms with Crippen LogP contribution in [0.1, 0.15) is 85.4 Å². The molecule has 9 nitrogen and oxygen atoms in total. The van der Waals surface area contributed by atoms with Gasteiger partial charge in [-0.2, -0.15) is 0 Å². The largest absolute Gasteiger partial charge is 0.366 e. The van der Waals surface area contributed by atoms with E-state index in [0.717, 1.165) is 30.0 Å². The lowest BCUT2D eigenvalue weighted by molar-refractivity contribution is -0.124. The summed E-state index contributed by atoms with van der Waals surface area (Å²) in [7, 11) is 1.41. The van der Waals surface area contributed by atoms with Crippen LogP contribution in [0.4, 0.5) is 10.1 Å². The molecule has 3 atom stereocenters. The Bertz CT molecular complexity index is 1330. The van der Waals surface area contributed by atoms with Crippen molar-refractivity contribution in [1.82, 2.24) is 19.4 Å². The van der Waals surface area contributed by atoms with Gasteiger partial charge < -0.3 is 15.0 Å². The molecule has 1 aromatic rings. The number of likely N-dealkylation sites (tertiary alicyclic amines) is 1. The van der Waals surface area contributed by atoms with Crippen LogP contribution >= 0.6 is 11.9 Å². The number of nitrogens with zero attached hydrogens (tertiary/aromatic N) is 4. The number of amides is 3. The molecule has 0 saturated carbocycles. The Morgan fingerprint density at radius 1 is 1.04 bits per heavy atom. The molecule has 3 amide bonds. The van der Waals surface area contributed by atoms with Crippen LogP contribution in [0.15, 0.2) is 24.3 Å². The molecular formula is C34H46FN5O4S. The lowest BCUT2D eigenvalue weighted by Gasteiger charge is -2.52. The first kappa shape index (κ1) is 32.2. The van der Waals surface area contributed by atoms with Gasteiger partial charge in [-0.15, -0.1) is 0 Å². The lowest BCUT2D eigenvalue weighted by Crippen LogP contribution is -2.62. The van der Waals surface area contributed by atoms with E-state index in [1.54, 1.807) is 0 Å². The molecule has 0 radical (unpaired) electrons. The standard InChI is InChI=1S/C34H46FN5O4S/c1-3-23-6-8-25(9-7-23)45-39-16-12-34(13-17-39)10-14-37(15-11-34)24-21-38(22-24)30-20-27-26(19-28(30)35)32(43)40(33(27)44)29(5-4-18-41)31(42)36-2/h6,8,18-20,23-25,29H,3-5,7,9-17,21-22H2,1-2H3,(H,36,42). The van der Waals surface area contributed by atoms with Crippen molar-refractivity contribution in [2.24, 2.45) is 11.3 Å². The number of hydrogen-bond acceptors (Lipinski definition) is 8. The Morgan fingerprint density at radius 3 is 2.31 bits per heavy atom. The third-order valence-corrected chi connectivity index (χ3v) is 12.3. The average molecular weight is 640 g/mol. The van der Waals surface area contributed by atoms with Crippen LogP contribution in [-0.4, -0.2) is 102 Å². The van der Waals surface area contributed by atoms with Crippen LogP contribution in [0, 0.1) is 17.2 Å². The van der Waals surface area contributed by atoms with Crippen LogP contribution in [-0.2, 0) is 9.59 Å². The van der Waals surface area contributed by atoms with Gasteiger partial charge in [-0.3, -0.25) is 28.5 Å². The Kier molecular flexibility index (Phi) is 9.68. The number of fused-ring (bicyclic) bond motifs is 1. The van der Waals surface area contributed by atoms with Crippen molar-refractivity contribution in [2.75, 3.05) is 51.2 Å². The molecule has 0 bridgehead atoms. The summed E-state index contributed by atoms with van der Waals surface area (Å²) in [6.07, 6.45) is 14.3. The van der Waals surface area contributed by atoms with E-state index < -0.39 is 29.6 Å². The summed E-state index contributed by atoms with van der Waals surface area (Å²) in [6.45, 7) is 8.08. The van der Waals surface area contributed by atoms with Gasteiger partial charge in [0, 0.05) is 50.9 Å². The van der Waals surface area contributed by atoms with E-state index in [-0.39, 0.29) is 24.0 Å². The zero-order valence-corrected chi connectivity index (χ0v) is 27.3. The Balaban J connectivity index is 1.01. The molecule has 0 aromatic heterocycles. The molecule has 4 aliphatic heterocycles. The number of carbonyl (C=O) groups excluding carboxylic acids is 4. The Hall–Kier alpha value is -2.76. The summed E-state index contributed by atoms with van der Waals surface area (Å²) in [5, 5.41) is 3.09. The van der Waals surface area contributed by atoms with Crippen LogP contribution in [0.5, 0.6) is 0 Å². The van der Waals surface area contributed by atoms with Gasteiger partial charge in [-0.1, -0.05) is 31.0 Å². The monoisotopic (exact) mass is 639 g/mol. The van der Waals surface area contributed by atoms with Crippen molar-refractivity contribution in [3.8, 4) is 0 Å². The second-order valence-electron chi connectivity index (χ2n) is 13.5. The summed E-state index contributed by atoms with van der Waals surface area (Å²) < 4.78 is 17.9. The smallest absolute Gasteiger partial charge is 0.262 e. The Morgan fingerprint density at radius 2 is 1.71 bits per heavy atom. The number of imide groups is 1. The SMILES string of the molecule is CCC1C=CC(SN2CCC3(CC2)CCN(C2CN(c4cc5c(cc4F)C(=O)N(C(CCC=O)C(=O)NC)C5=O)C2)CC3)CC1. The molecule has 1 aliphatic carbocycles. The van der Waals surface area contributed by atoms with E-state index in [1.165, 1.54) is 71.1 Å². The number of likely N-dealkylation sites (N-methyl/N-ethyl adjacent to an activating group) is 1. The van der Waals surface area contributed by atoms with Crippen molar-refractivity contribution >= 4 is 41.6 Å². The summed E-state index contributed by atoms with van der Waals surface area (Å²) in [4.78, 5) is 55.2. The third-order valence-electron chi connectivity index (χ3n) is 11.0. The highest BCUT2D eigenvalue weighted by Crippen LogP contribution is 2.44.